The molecule has 1 aliphatic rings. The third-order valence-corrected chi connectivity index (χ3v) is 2.86. The van der Waals surface area contributed by atoms with Crippen molar-refractivity contribution in [1.82, 2.24) is 15.5 Å². The van der Waals surface area contributed by atoms with Crippen LogP contribution in [0.5, 0.6) is 0 Å². The average molecular weight is 219 g/mol. The van der Waals surface area contributed by atoms with Crippen LogP contribution < -0.4 is 5.32 Å². The predicted molar refractivity (Wildman–Crippen MR) is 56.8 cm³/mol. The summed E-state index contributed by atoms with van der Waals surface area (Å²) in [4.78, 5) is 4.34. The Kier molecular flexibility index (Phi) is 2.25. The molecule has 3 heterocycles. The van der Waals surface area contributed by atoms with E-state index >= 15 is 0 Å². The fraction of sp³-hybridized carbons (Fsp3) is 0.455. The molecule has 0 aliphatic carbocycles. The fourth-order valence-corrected chi connectivity index (χ4v) is 1.77. The van der Waals surface area contributed by atoms with Crippen LogP contribution in [0.15, 0.2) is 21.3 Å². The first-order valence-electron chi connectivity index (χ1n) is 5.40. The van der Waals surface area contributed by atoms with Gasteiger partial charge in [-0.15, -0.1) is 0 Å². The number of nitrogens with one attached hydrogen (secondary N) is 1. The van der Waals surface area contributed by atoms with E-state index in [1.54, 1.807) is 6.26 Å². The number of aromatic nitrogens is 2. The van der Waals surface area contributed by atoms with E-state index in [1.807, 2.05) is 13.0 Å². The Morgan fingerprint density at radius 1 is 1.50 bits per heavy atom. The predicted octanol–water partition coefficient (Wildman–Crippen LogP) is 1.40. The summed E-state index contributed by atoms with van der Waals surface area (Å²) < 4.78 is 10.5. The highest BCUT2D eigenvalue weighted by molar-refractivity contribution is 5.50. The van der Waals surface area contributed by atoms with Gasteiger partial charge in [0.15, 0.2) is 5.76 Å². The van der Waals surface area contributed by atoms with Gasteiger partial charge in [-0.25, -0.2) is 0 Å². The summed E-state index contributed by atoms with van der Waals surface area (Å²) in [5.41, 5.74) is 1.03. The number of furan rings is 1. The van der Waals surface area contributed by atoms with Gasteiger partial charge in [-0.3, -0.25) is 0 Å². The van der Waals surface area contributed by atoms with Crippen LogP contribution >= 0.6 is 0 Å². The lowest BCUT2D eigenvalue weighted by atomic mass is 10.00. The molecule has 0 unspecified atom stereocenters. The van der Waals surface area contributed by atoms with Crippen molar-refractivity contribution in [2.75, 3.05) is 13.1 Å². The summed E-state index contributed by atoms with van der Waals surface area (Å²) in [5.74, 6) is 2.56. The first kappa shape index (κ1) is 9.59. The zero-order valence-electron chi connectivity index (χ0n) is 9.06. The van der Waals surface area contributed by atoms with Crippen molar-refractivity contribution >= 4 is 0 Å². The van der Waals surface area contributed by atoms with E-state index in [2.05, 4.69) is 15.5 Å². The van der Waals surface area contributed by atoms with Crippen molar-refractivity contribution in [2.45, 2.75) is 13.3 Å². The summed E-state index contributed by atoms with van der Waals surface area (Å²) in [7, 11) is 0. The van der Waals surface area contributed by atoms with E-state index in [4.69, 9.17) is 8.94 Å². The van der Waals surface area contributed by atoms with Crippen molar-refractivity contribution in [1.29, 1.82) is 0 Å². The molecule has 1 fully saturated rings. The molecule has 5 heteroatoms. The number of nitrogens with zero attached hydrogens (tertiary/aromatic N) is 2. The van der Waals surface area contributed by atoms with Gasteiger partial charge < -0.3 is 14.3 Å². The quantitative estimate of drug-likeness (QED) is 0.845. The Hall–Kier alpha value is -1.62. The molecule has 5 nitrogen and oxygen atoms in total. The van der Waals surface area contributed by atoms with E-state index in [-0.39, 0.29) is 0 Å². The van der Waals surface area contributed by atoms with Crippen molar-refractivity contribution in [3.63, 3.8) is 0 Å². The molecule has 1 saturated heterocycles. The summed E-state index contributed by atoms with van der Waals surface area (Å²) in [6, 6.07) is 1.89. The Balaban J connectivity index is 1.79. The van der Waals surface area contributed by atoms with Crippen molar-refractivity contribution in [3.8, 4) is 11.6 Å². The molecule has 0 radical (unpaired) electrons. The second-order valence-corrected chi connectivity index (χ2v) is 4.17. The maximum absolute atomic E-state index is 5.31. The molecule has 0 amide bonds. The van der Waals surface area contributed by atoms with Crippen LogP contribution in [0.3, 0.4) is 0 Å². The molecule has 2 aromatic heterocycles. The highest BCUT2D eigenvalue weighted by Gasteiger charge is 2.21. The maximum atomic E-state index is 5.31. The van der Waals surface area contributed by atoms with Gasteiger partial charge in [-0.2, -0.15) is 4.98 Å². The van der Waals surface area contributed by atoms with Crippen molar-refractivity contribution < 1.29 is 8.94 Å². The normalized spacial score (nSPS) is 16.3. The Morgan fingerprint density at radius 2 is 2.38 bits per heavy atom. The molecule has 2 aromatic rings. The van der Waals surface area contributed by atoms with Crippen LogP contribution in [-0.4, -0.2) is 23.2 Å². The van der Waals surface area contributed by atoms with Gasteiger partial charge in [0.2, 0.25) is 11.7 Å². The lowest BCUT2D eigenvalue weighted by Gasteiger charge is -2.25. The largest absolute Gasteiger partial charge is 0.461 e. The minimum atomic E-state index is 0.546. The molecule has 1 N–H and O–H groups in total. The Bertz CT molecular complexity index is 485. The average Bonchev–Trinajstić information content (AvgIpc) is 2.80. The van der Waals surface area contributed by atoms with Crippen LogP contribution in [0.2, 0.25) is 0 Å². The van der Waals surface area contributed by atoms with Gasteiger partial charge in [0.05, 0.1) is 6.26 Å². The molecular formula is C11H13N3O2. The third-order valence-electron chi connectivity index (χ3n) is 2.86. The van der Waals surface area contributed by atoms with Crippen LogP contribution in [0, 0.1) is 12.8 Å². The molecular weight excluding hydrogens is 206 g/mol. The highest BCUT2D eigenvalue weighted by atomic mass is 16.5. The lowest BCUT2D eigenvalue weighted by molar-refractivity contribution is 0.295. The second-order valence-electron chi connectivity index (χ2n) is 4.17. The van der Waals surface area contributed by atoms with Gasteiger partial charge >= 0.3 is 0 Å². The standard InChI is InChI=1S/C11H13N3O2/c1-7-2-3-15-10(7)11-13-9(16-14-11)4-8-5-12-6-8/h2-3,8,12H,4-6H2,1H3. The minimum Gasteiger partial charge on any atom is -0.461 e. The van der Waals surface area contributed by atoms with E-state index in [0.29, 0.717) is 23.4 Å². The van der Waals surface area contributed by atoms with E-state index in [1.165, 1.54) is 0 Å². The van der Waals surface area contributed by atoms with Crippen LogP contribution in [0.4, 0.5) is 0 Å². The number of hydrogen-bond acceptors (Lipinski definition) is 5. The minimum absolute atomic E-state index is 0.546. The molecule has 16 heavy (non-hydrogen) atoms. The molecule has 0 aromatic carbocycles. The maximum Gasteiger partial charge on any atom is 0.238 e. The lowest BCUT2D eigenvalue weighted by Crippen LogP contribution is -2.43. The fourth-order valence-electron chi connectivity index (χ4n) is 1.77. The first-order chi connectivity index (χ1) is 7.83. The smallest absolute Gasteiger partial charge is 0.238 e. The monoisotopic (exact) mass is 219 g/mol. The van der Waals surface area contributed by atoms with Gasteiger partial charge in [0.1, 0.15) is 0 Å². The molecule has 0 atom stereocenters. The number of hydrogen-bond donors (Lipinski definition) is 1. The van der Waals surface area contributed by atoms with Gasteiger partial charge in [-0.05, 0) is 37.6 Å². The molecule has 84 valence electrons. The summed E-state index contributed by atoms with van der Waals surface area (Å²) in [6.07, 6.45) is 2.48. The van der Waals surface area contributed by atoms with Gasteiger partial charge in [-0.1, -0.05) is 5.16 Å². The molecule has 0 spiro atoms. The van der Waals surface area contributed by atoms with E-state index in [0.717, 1.165) is 25.1 Å². The summed E-state index contributed by atoms with van der Waals surface area (Å²) in [5, 5.41) is 7.15. The summed E-state index contributed by atoms with van der Waals surface area (Å²) in [6.45, 7) is 4.04. The number of aryl methyl sites for hydroxylation is 1. The van der Waals surface area contributed by atoms with Crippen LogP contribution in [0.25, 0.3) is 11.6 Å². The zero-order chi connectivity index (χ0) is 11.0. The van der Waals surface area contributed by atoms with Crippen LogP contribution in [0.1, 0.15) is 11.5 Å². The Morgan fingerprint density at radius 3 is 3.00 bits per heavy atom. The van der Waals surface area contributed by atoms with Crippen molar-refractivity contribution in [2.24, 2.45) is 5.92 Å². The third kappa shape index (κ3) is 1.63. The van der Waals surface area contributed by atoms with E-state index < -0.39 is 0 Å². The van der Waals surface area contributed by atoms with Gasteiger partial charge in [0.25, 0.3) is 0 Å². The second kappa shape index (κ2) is 3.75. The summed E-state index contributed by atoms with van der Waals surface area (Å²) >= 11 is 0. The molecule has 1 aliphatic heterocycles. The topological polar surface area (TPSA) is 64.1 Å². The zero-order valence-corrected chi connectivity index (χ0v) is 9.06. The first-order valence-corrected chi connectivity index (χ1v) is 5.40. The SMILES string of the molecule is Cc1ccoc1-c1noc(CC2CNC2)n1. The molecule has 0 bridgehead atoms. The molecule has 3 rings (SSSR count). The van der Waals surface area contributed by atoms with Crippen molar-refractivity contribution in [3.05, 3.63) is 23.8 Å². The highest BCUT2D eigenvalue weighted by Crippen LogP contribution is 2.22. The number of rotatable bonds is 3. The molecule has 0 saturated carbocycles. The Labute approximate surface area is 92.8 Å². The van der Waals surface area contributed by atoms with Crippen LogP contribution in [-0.2, 0) is 6.42 Å². The van der Waals surface area contributed by atoms with Gasteiger partial charge in [0, 0.05) is 6.42 Å². The van der Waals surface area contributed by atoms with E-state index in [9.17, 15) is 0 Å².